The van der Waals surface area contributed by atoms with E-state index in [4.69, 9.17) is 4.74 Å². The average Bonchev–Trinajstić information content (AvgIpc) is 2.85. The summed E-state index contributed by atoms with van der Waals surface area (Å²) < 4.78 is 7.79. The molecule has 1 aliphatic heterocycles. The van der Waals surface area contributed by atoms with E-state index in [1.807, 2.05) is 0 Å². The number of hydrogen-bond donors (Lipinski definition) is 0. The zero-order chi connectivity index (χ0) is 13.5. The normalized spacial score (nSPS) is 17.2. The van der Waals surface area contributed by atoms with Crippen molar-refractivity contribution in [2.24, 2.45) is 0 Å². The van der Waals surface area contributed by atoms with Crippen LogP contribution in [0.25, 0.3) is 0 Å². The molecule has 4 heteroatoms. The fourth-order valence-corrected chi connectivity index (χ4v) is 2.54. The van der Waals surface area contributed by atoms with E-state index in [0.29, 0.717) is 0 Å². The van der Waals surface area contributed by atoms with Crippen LogP contribution >= 0.6 is 0 Å². The highest BCUT2D eigenvalue weighted by atomic mass is 16.5. The molecule has 0 aromatic carbocycles. The lowest BCUT2D eigenvalue weighted by Crippen LogP contribution is -2.38. The summed E-state index contributed by atoms with van der Waals surface area (Å²) in [5.74, 6) is 0. The van der Waals surface area contributed by atoms with Gasteiger partial charge in [0.2, 0.25) is 0 Å². The van der Waals surface area contributed by atoms with Crippen molar-refractivity contribution < 1.29 is 4.74 Å². The van der Waals surface area contributed by atoms with Crippen molar-refractivity contribution in [1.29, 1.82) is 0 Å². The number of ether oxygens (including phenoxy) is 1. The van der Waals surface area contributed by atoms with Gasteiger partial charge in [-0.15, -0.1) is 0 Å². The van der Waals surface area contributed by atoms with Crippen molar-refractivity contribution in [2.45, 2.75) is 19.4 Å². The van der Waals surface area contributed by atoms with Gasteiger partial charge in [-0.1, -0.05) is 0 Å². The quantitative estimate of drug-likeness (QED) is 0.742. The van der Waals surface area contributed by atoms with Crippen LogP contribution in [-0.4, -0.2) is 67.9 Å². The highest BCUT2D eigenvalue weighted by Crippen LogP contribution is 2.07. The summed E-state index contributed by atoms with van der Waals surface area (Å²) in [5.41, 5.74) is 1.47. The van der Waals surface area contributed by atoms with E-state index < -0.39 is 0 Å². The summed E-state index contributed by atoms with van der Waals surface area (Å²) in [5, 5.41) is 0. The van der Waals surface area contributed by atoms with Crippen LogP contribution in [0.4, 0.5) is 0 Å². The molecule has 0 atom stereocenters. The first kappa shape index (κ1) is 14.6. The van der Waals surface area contributed by atoms with Crippen molar-refractivity contribution in [3.05, 3.63) is 24.0 Å². The van der Waals surface area contributed by atoms with Crippen molar-refractivity contribution in [2.75, 3.05) is 53.5 Å². The van der Waals surface area contributed by atoms with E-state index in [-0.39, 0.29) is 0 Å². The lowest BCUT2D eigenvalue weighted by molar-refractivity contribution is 0.0363. The van der Waals surface area contributed by atoms with Gasteiger partial charge >= 0.3 is 0 Å². The Labute approximate surface area is 116 Å². The Morgan fingerprint density at radius 3 is 2.74 bits per heavy atom. The standard InChI is InChI=1S/C15H27N3O/c1-16(2)7-3-5-15-6-4-8-18(15)10-9-17-11-13-19-14-12-17/h4,6,8H,3,5,7,9-14H2,1-2H3. The monoisotopic (exact) mass is 265 g/mol. The van der Waals surface area contributed by atoms with Crippen LogP contribution in [0.1, 0.15) is 12.1 Å². The second-order valence-corrected chi connectivity index (χ2v) is 5.55. The molecule has 1 saturated heterocycles. The molecule has 2 rings (SSSR count). The highest BCUT2D eigenvalue weighted by Gasteiger charge is 2.10. The second-order valence-electron chi connectivity index (χ2n) is 5.55. The minimum Gasteiger partial charge on any atom is -0.379 e. The Balaban J connectivity index is 1.75. The van der Waals surface area contributed by atoms with Gasteiger partial charge < -0.3 is 14.2 Å². The number of aryl methyl sites for hydroxylation is 1. The maximum Gasteiger partial charge on any atom is 0.0594 e. The van der Waals surface area contributed by atoms with Gasteiger partial charge in [-0.2, -0.15) is 0 Å². The predicted octanol–water partition coefficient (Wildman–Crippen LogP) is 1.31. The SMILES string of the molecule is CN(C)CCCc1cccn1CCN1CCOCC1. The predicted molar refractivity (Wildman–Crippen MR) is 78.6 cm³/mol. The van der Waals surface area contributed by atoms with Gasteiger partial charge in [0.05, 0.1) is 13.2 Å². The van der Waals surface area contributed by atoms with Crippen molar-refractivity contribution in [3.63, 3.8) is 0 Å². The largest absolute Gasteiger partial charge is 0.379 e. The number of aromatic nitrogens is 1. The lowest BCUT2D eigenvalue weighted by Gasteiger charge is -2.27. The molecule has 0 saturated carbocycles. The molecule has 0 N–H and O–H groups in total. The van der Waals surface area contributed by atoms with Gasteiger partial charge in [0.25, 0.3) is 0 Å². The number of morpholine rings is 1. The summed E-state index contributed by atoms with van der Waals surface area (Å²) in [6.07, 6.45) is 4.62. The summed E-state index contributed by atoms with van der Waals surface area (Å²) in [7, 11) is 4.27. The number of nitrogens with zero attached hydrogens (tertiary/aromatic N) is 3. The van der Waals surface area contributed by atoms with E-state index in [1.165, 1.54) is 18.5 Å². The molecule has 108 valence electrons. The molecule has 1 aromatic rings. The third kappa shape index (κ3) is 4.97. The molecule has 0 aliphatic carbocycles. The molecule has 1 aliphatic rings. The second kappa shape index (κ2) is 7.68. The van der Waals surface area contributed by atoms with Crippen molar-refractivity contribution in [1.82, 2.24) is 14.4 Å². The van der Waals surface area contributed by atoms with Crippen molar-refractivity contribution in [3.8, 4) is 0 Å². The van der Waals surface area contributed by atoms with E-state index >= 15 is 0 Å². The molecule has 19 heavy (non-hydrogen) atoms. The Bertz CT molecular complexity index is 356. The molecular weight excluding hydrogens is 238 g/mol. The zero-order valence-electron chi connectivity index (χ0n) is 12.3. The Morgan fingerprint density at radius 1 is 1.21 bits per heavy atom. The fourth-order valence-electron chi connectivity index (χ4n) is 2.54. The third-order valence-electron chi connectivity index (χ3n) is 3.72. The van der Waals surface area contributed by atoms with Gasteiger partial charge in [0.1, 0.15) is 0 Å². The van der Waals surface area contributed by atoms with Crippen LogP contribution in [-0.2, 0) is 17.7 Å². The summed E-state index contributed by atoms with van der Waals surface area (Å²) >= 11 is 0. The smallest absolute Gasteiger partial charge is 0.0594 e. The lowest BCUT2D eigenvalue weighted by atomic mass is 10.2. The van der Waals surface area contributed by atoms with Crippen LogP contribution in [0.5, 0.6) is 0 Å². The molecule has 0 spiro atoms. The van der Waals surface area contributed by atoms with Crippen LogP contribution in [0.15, 0.2) is 18.3 Å². The molecule has 1 fully saturated rings. The van der Waals surface area contributed by atoms with E-state index in [9.17, 15) is 0 Å². The minimum atomic E-state index is 0.890. The molecule has 0 radical (unpaired) electrons. The number of rotatable bonds is 7. The van der Waals surface area contributed by atoms with E-state index in [1.54, 1.807) is 0 Å². The van der Waals surface area contributed by atoms with E-state index in [0.717, 1.165) is 45.9 Å². The molecule has 0 unspecified atom stereocenters. The van der Waals surface area contributed by atoms with Gasteiger partial charge in [0, 0.05) is 38.1 Å². The Morgan fingerprint density at radius 2 is 2.00 bits per heavy atom. The Hall–Kier alpha value is -0.840. The molecule has 0 bridgehead atoms. The first-order chi connectivity index (χ1) is 9.25. The molecule has 2 heterocycles. The molecule has 0 amide bonds. The van der Waals surface area contributed by atoms with Crippen LogP contribution in [0.3, 0.4) is 0 Å². The first-order valence-electron chi connectivity index (χ1n) is 7.34. The topological polar surface area (TPSA) is 20.6 Å². The fraction of sp³-hybridized carbons (Fsp3) is 0.733. The molecule has 4 nitrogen and oxygen atoms in total. The maximum atomic E-state index is 5.38. The van der Waals surface area contributed by atoms with Crippen LogP contribution in [0, 0.1) is 0 Å². The van der Waals surface area contributed by atoms with Crippen LogP contribution in [0.2, 0.25) is 0 Å². The van der Waals surface area contributed by atoms with Crippen LogP contribution < -0.4 is 0 Å². The van der Waals surface area contributed by atoms with Gasteiger partial charge in [-0.25, -0.2) is 0 Å². The third-order valence-corrected chi connectivity index (χ3v) is 3.72. The van der Waals surface area contributed by atoms with E-state index in [2.05, 4.69) is 46.8 Å². The van der Waals surface area contributed by atoms with Crippen molar-refractivity contribution >= 4 is 0 Å². The zero-order valence-corrected chi connectivity index (χ0v) is 12.3. The Kier molecular flexibility index (Phi) is 5.89. The minimum absolute atomic E-state index is 0.890. The highest BCUT2D eigenvalue weighted by molar-refractivity contribution is 5.07. The average molecular weight is 265 g/mol. The van der Waals surface area contributed by atoms with Gasteiger partial charge in [-0.05, 0) is 45.6 Å². The maximum absolute atomic E-state index is 5.38. The summed E-state index contributed by atoms with van der Waals surface area (Å²) in [4.78, 5) is 4.74. The summed E-state index contributed by atoms with van der Waals surface area (Å²) in [6.45, 7) is 7.34. The first-order valence-corrected chi connectivity index (χ1v) is 7.34. The van der Waals surface area contributed by atoms with Gasteiger partial charge in [0.15, 0.2) is 0 Å². The molecular formula is C15H27N3O. The number of hydrogen-bond acceptors (Lipinski definition) is 3. The molecule has 1 aromatic heterocycles. The van der Waals surface area contributed by atoms with Gasteiger partial charge in [-0.3, -0.25) is 4.90 Å². The summed E-state index contributed by atoms with van der Waals surface area (Å²) in [6, 6.07) is 4.43.